The molecule has 0 unspecified atom stereocenters. The largest absolute Gasteiger partial charge is 0.483 e. The van der Waals surface area contributed by atoms with Gasteiger partial charge in [0.1, 0.15) is 23.3 Å². The van der Waals surface area contributed by atoms with Crippen LogP contribution in [0.3, 0.4) is 0 Å². The summed E-state index contributed by atoms with van der Waals surface area (Å²) in [7, 11) is 0. The lowest BCUT2D eigenvalue weighted by molar-refractivity contribution is 0.0860. The molecule has 0 saturated heterocycles. The first-order valence-corrected chi connectivity index (χ1v) is 8.62. The van der Waals surface area contributed by atoms with Crippen LogP contribution in [0.15, 0.2) is 30.6 Å². The SMILES string of the molecule is C[C@H]1Nc2ccn3ncc(c3n2)C(=O)NC[C@@H](CO)Oc2c(F)cc(F)cc21. The van der Waals surface area contributed by atoms with Gasteiger partial charge in [0.2, 0.25) is 0 Å². The number of carbonyl (C=O) groups excluding carboxylic acids is 1. The number of carbonyl (C=O) groups is 1. The van der Waals surface area contributed by atoms with Crippen molar-refractivity contribution in [3.63, 3.8) is 0 Å². The van der Waals surface area contributed by atoms with Crippen LogP contribution in [0.25, 0.3) is 5.65 Å². The van der Waals surface area contributed by atoms with E-state index in [1.54, 1.807) is 19.2 Å². The van der Waals surface area contributed by atoms with Crippen LogP contribution in [0.5, 0.6) is 5.75 Å². The minimum Gasteiger partial charge on any atom is -0.483 e. The summed E-state index contributed by atoms with van der Waals surface area (Å²) < 4.78 is 35.3. The molecular formula is C18H17F2N5O3. The molecule has 2 aromatic heterocycles. The third kappa shape index (κ3) is 3.22. The number of aliphatic hydroxyl groups is 1. The molecule has 0 aliphatic carbocycles. The maximum Gasteiger partial charge on any atom is 0.256 e. The number of anilines is 1. The highest BCUT2D eigenvalue weighted by Gasteiger charge is 2.24. The van der Waals surface area contributed by atoms with Gasteiger partial charge in [-0.1, -0.05) is 0 Å². The zero-order valence-corrected chi connectivity index (χ0v) is 14.8. The molecule has 0 spiro atoms. The van der Waals surface area contributed by atoms with Gasteiger partial charge in [0.05, 0.1) is 25.4 Å². The van der Waals surface area contributed by atoms with Crippen LogP contribution in [-0.2, 0) is 0 Å². The number of ether oxygens (including phenoxy) is 1. The fourth-order valence-electron chi connectivity index (χ4n) is 3.05. The summed E-state index contributed by atoms with van der Waals surface area (Å²) in [5.74, 6) is -1.92. The quantitative estimate of drug-likeness (QED) is 0.585. The number of hydrogen-bond acceptors (Lipinski definition) is 6. The van der Waals surface area contributed by atoms with Crippen molar-refractivity contribution in [2.75, 3.05) is 18.5 Å². The molecule has 1 aliphatic rings. The molecule has 28 heavy (non-hydrogen) atoms. The van der Waals surface area contributed by atoms with Gasteiger partial charge >= 0.3 is 0 Å². The number of halogens is 2. The number of benzene rings is 1. The maximum absolute atomic E-state index is 14.4. The first-order valence-electron chi connectivity index (χ1n) is 8.62. The van der Waals surface area contributed by atoms with E-state index in [0.29, 0.717) is 17.5 Å². The van der Waals surface area contributed by atoms with Gasteiger partial charge in [-0.2, -0.15) is 5.10 Å². The van der Waals surface area contributed by atoms with Crippen molar-refractivity contribution in [2.24, 2.45) is 0 Å². The Morgan fingerprint density at radius 1 is 1.39 bits per heavy atom. The van der Waals surface area contributed by atoms with E-state index in [-0.39, 0.29) is 23.4 Å². The van der Waals surface area contributed by atoms with Crippen LogP contribution >= 0.6 is 0 Å². The summed E-state index contributed by atoms with van der Waals surface area (Å²) in [4.78, 5) is 16.9. The standard InChI is InChI=1S/C18H17F2N5O3/c1-9-12-4-10(19)5-14(20)16(12)28-11(8-26)6-21-18(27)13-7-22-25-3-2-15(23-9)24-17(13)25/h2-5,7,9,11,26H,6,8H2,1H3,(H,21,27)(H,23,24)/t9-,11+/m1/s1. The number of amides is 1. The molecule has 10 heteroatoms. The van der Waals surface area contributed by atoms with Crippen LogP contribution < -0.4 is 15.4 Å². The van der Waals surface area contributed by atoms with Crippen molar-refractivity contribution in [2.45, 2.75) is 19.1 Å². The number of nitrogens with one attached hydrogen (secondary N) is 2. The van der Waals surface area contributed by atoms with Gasteiger partial charge in [0.25, 0.3) is 5.91 Å². The van der Waals surface area contributed by atoms with Gasteiger partial charge in [-0.15, -0.1) is 0 Å². The molecule has 4 rings (SSSR count). The smallest absolute Gasteiger partial charge is 0.256 e. The van der Waals surface area contributed by atoms with Gasteiger partial charge in [-0.05, 0) is 19.1 Å². The molecule has 3 aromatic rings. The number of rotatable bonds is 1. The van der Waals surface area contributed by atoms with Gasteiger partial charge in [0.15, 0.2) is 17.2 Å². The minimum absolute atomic E-state index is 0.0928. The van der Waals surface area contributed by atoms with Crippen molar-refractivity contribution in [1.82, 2.24) is 19.9 Å². The Morgan fingerprint density at radius 2 is 2.21 bits per heavy atom. The molecule has 1 aliphatic heterocycles. The topological polar surface area (TPSA) is 101 Å². The van der Waals surface area contributed by atoms with E-state index in [9.17, 15) is 18.7 Å². The van der Waals surface area contributed by atoms with Crippen molar-refractivity contribution in [3.05, 3.63) is 53.4 Å². The molecule has 146 valence electrons. The fourth-order valence-corrected chi connectivity index (χ4v) is 3.05. The van der Waals surface area contributed by atoms with Gasteiger partial charge in [0, 0.05) is 17.8 Å². The number of nitrogens with zero attached hydrogens (tertiary/aromatic N) is 3. The van der Waals surface area contributed by atoms with Crippen LogP contribution in [0, 0.1) is 11.6 Å². The van der Waals surface area contributed by atoms with E-state index in [1.165, 1.54) is 10.7 Å². The molecule has 0 fully saturated rings. The zero-order valence-electron chi connectivity index (χ0n) is 14.8. The second kappa shape index (κ2) is 7.04. The van der Waals surface area contributed by atoms with E-state index in [4.69, 9.17) is 4.74 Å². The molecule has 0 saturated carbocycles. The predicted octanol–water partition coefficient (Wildman–Crippen LogP) is 1.66. The Bertz CT molecular complexity index is 1060. The Morgan fingerprint density at radius 3 is 3.00 bits per heavy atom. The number of hydrogen-bond donors (Lipinski definition) is 3. The molecule has 0 radical (unpaired) electrons. The van der Waals surface area contributed by atoms with E-state index in [0.717, 1.165) is 6.07 Å². The molecule has 2 atom stereocenters. The average molecular weight is 389 g/mol. The Labute approximate surface area is 158 Å². The molecular weight excluding hydrogens is 372 g/mol. The summed E-state index contributed by atoms with van der Waals surface area (Å²) in [5, 5.41) is 19.3. The first kappa shape index (κ1) is 18.1. The number of fused-ring (bicyclic) bond motifs is 2. The normalized spacial score (nSPS) is 19.6. The van der Waals surface area contributed by atoms with E-state index in [1.807, 2.05) is 0 Å². The summed E-state index contributed by atoms with van der Waals surface area (Å²) in [6, 6.07) is 2.92. The van der Waals surface area contributed by atoms with Gasteiger partial charge in [-0.3, -0.25) is 4.79 Å². The summed E-state index contributed by atoms with van der Waals surface area (Å²) in [6.07, 6.45) is 2.06. The number of aliphatic hydroxyl groups excluding tert-OH is 1. The van der Waals surface area contributed by atoms with E-state index >= 15 is 0 Å². The fraction of sp³-hybridized carbons (Fsp3) is 0.278. The van der Waals surface area contributed by atoms with Crippen molar-refractivity contribution >= 4 is 17.4 Å². The second-order valence-corrected chi connectivity index (χ2v) is 6.44. The van der Waals surface area contributed by atoms with Crippen molar-refractivity contribution in [3.8, 4) is 5.75 Å². The highest BCUT2D eigenvalue weighted by atomic mass is 19.1. The predicted molar refractivity (Wildman–Crippen MR) is 95.2 cm³/mol. The molecule has 3 N–H and O–H groups in total. The Kier molecular flexibility index (Phi) is 4.55. The zero-order chi connectivity index (χ0) is 19.8. The third-order valence-corrected chi connectivity index (χ3v) is 4.46. The molecule has 8 nitrogen and oxygen atoms in total. The van der Waals surface area contributed by atoms with Crippen LogP contribution in [0.4, 0.5) is 14.6 Å². The Hall–Kier alpha value is -3.27. The van der Waals surface area contributed by atoms with Gasteiger partial charge in [-0.25, -0.2) is 18.3 Å². The van der Waals surface area contributed by atoms with Crippen LogP contribution in [0.2, 0.25) is 0 Å². The first-order chi connectivity index (χ1) is 13.5. The molecule has 1 amide bonds. The van der Waals surface area contributed by atoms with Crippen LogP contribution in [0.1, 0.15) is 28.9 Å². The maximum atomic E-state index is 14.4. The summed E-state index contributed by atoms with van der Waals surface area (Å²) in [6.45, 7) is 1.12. The van der Waals surface area contributed by atoms with E-state index < -0.39 is 36.3 Å². The lowest BCUT2D eigenvalue weighted by atomic mass is 10.1. The summed E-state index contributed by atoms with van der Waals surface area (Å²) >= 11 is 0. The number of aromatic nitrogens is 3. The Balaban J connectivity index is 1.85. The highest BCUT2D eigenvalue weighted by Crippen LogP contribution is 2.32. The third-order valence-electron chi connectivity index (χ3n) is 4.46. The molecule has 1 aromatic carbocycles. The summed E-state index contributed by atoms with van der Waals surface area (Å²) in [5.41, 5.74) is 0.778. The van der Waals surface area contributed by atoms with Crippen molar-refractivity contribution in [1.29, 1.82) is 0 Å². The second-order valence-electron chi connectivity index (χ2n) is 6.44. The monoisotopic (exact) mass is 389 g/mol. The lowest BCUT2D eigenvalue weighted by Crippen LogP contribution is -2.38. The molecule has 2 bridgehead atoms. The van der Waals surface area contributed by atoms with E-state index in [2.05, 4.69) is 20.7 Å². The average Bonchev–Trinajstić information content (AvgIpc) is 3.08. The minimum atomic E-state index is -0.933. The van der Waals surface area contributed by atoms with Crippen LogP contribution in [-0.4, -0.2) is 44.9 Å². The highest BCUT2D eigenvalue weighted by molar-refractivity contribution is 5.99. The van der Waals surface area contributed by atoms with Gasteiger partial charge < -0.3 is 20.5 Å². The van der Waals surface area contributed by atoms with Crippen molar-refractivity contribution < 1.29 is 23.4 Å². The lowest BCUT2D eigenvalue weighted by Gasteiger charge is -2.23. The molecule has 3 heterocycles.